The largest absolute Gasteiger partial charge is 0.504 e. The van der Waals surface area contributed by atoms with Crippen LogP contribution in [0.2, 0.25) is 0 Å². The van der Waals surface area contributed by atoms with Gasteiger partial charge in [-0.15, -0.1) is 0 Å². The second kappa shape index (κ2) is 17.6. The van der Waals surface area contributed by atoms with Gasteiger partial charge in [-0.1, -0.05) is 0 Å². The van der Waals surface area contributed by atoms with Gasteiger partial charge in [0.1, 0.15) is 12.7 Å². The minimum Gasteiger partial charge on any atom is -0.504 e. The van der Waals surface area contributed by atoms with Crippen LogP contribution in [0.4, 0.5) is 0 Å². The number of rotatable bonds is 8. The van der Waals surface area contributed by atoms with Gasteiger partial charge in [0.2, 0.25) is 23.5 Å². The molecule has 7 rings (SSSR count). The number of esters is 5. The van der Waals surface area contributed by atoms with Gasteiger partial charge in [-0.2, -0.15) is 0 Å². The van der Waals surface area contributed by atoms with E-state index in [2.05, 4.69) is 0 Å². The first-order chi connectivity index (χ1) is 32.3. The number of carboxylic acid groups (broad SMARTS) is 2. The third-order valence-corrected chi connectivity index (χ3v) is 11.0. The molecule has 0 saturated carbocycles. The number of ether oxygens (including phenoxy) is 6. The number of hydrogen-bond acceptors (Lipinski definition) is 26. The number of carbonyl (C=O) groups excluding carboxylic acids is 5. The lowest BCUT2D eigenvalue weighted by atomic mass is 9.76. The summed E-state index contributed by atoms with van der Waals surface area (Å²) in [5, 5.41) is 157. The van der Waals surface area contributed by atoms with Gasteiger partial charge in [-0.25, -0.2) is 24.0 Å². The zero-order valence-corrected chi connectivity index (χ0v) is 33.9. The van der Waals surface area contributed by atoms with Gasteiger partial charge in [0.25, 0.3) is 0 Å². The number of aliphatic hydroxyl groups is 2. The Labute approximate surface area is 380 Å². The van der Waals surface area contributed by atoms with Crippen molar-refractivity contribution in [3.8, 4) is 80.1 Å². The summed E-state index contributed by atoms with van der Waals surface area (Å²) in [6.45, 7) is -1.37. The van der Waals surface area contributed by atoms with E-state index in [9.17, 15) is 110 Å². The van der Waals surface area contributed by atoms with Crippen LogP contribution in [-0.4, -0.2) is 162 Å². The topological polar surface area (TPSA) is 478 Å². The smallest absolute Gasteiger partial charge is 0.341 e. The van der Waals surface area contributed by atoms with Crippen molar-refractivity contribution in [1.29, 1.82) is 0 Å². The Kier molecular flexibility index (Phi) is 12.2. The van der Waals surface area contributed by atoms with E-state index < -0.39 is 211 Å². The van der Waals surface area contributed by atoms with Crippen molar-refractivity contribution in [3.63, 3.8) is 0 Å². The molecule has 4 aromatic rings. The molecule has 1 saturated heterocycles. The molecule has 3 unspecified atom stereocenters. The second-order valence-corrected chi connectivity index (χ2v) is 15.1. The molecule has 0 spiro atoms. The van der Waals surface area contributed by atoms with E-state index >= 15 is 0 Å². The third-order valence-electron chi connectivity index (χ3n) is 11.0. The number of hydrogen-bond donors (Lipinski definition) is 15. The lowest BCUT2D eigenvalue weighted by Gasteiger charge is -2.43. The van der Waals surface area contributed by atoms with Gasteiger partial charge < -0.3 is 105 Å². The van der Waals surface area contributed by atoms with Crippen LogP contribution in [0, 0.1) is 5.92 Å². The van der Waals surface area contributed by atoms with E-state index in [0.717, 1.165) is 0 Å². The van der Waals surface area contributed by atoms with Gasteiger partial charge in [0.15, 0.2) is 76.2 Å². The molecule has 8 atom stereocenters. The number of aliphatic hydroxyl groups excluding tert-OH is 2. The lowest BCUT2D eigenvalue weighted by molar-refractivity contribution is -0.288. The van der Waals surface area contributed by atoms with E-state index in [1.807, 2.05) is 0 Å². The highest BCUT2D eigenvalue weighted by Crippen LogP contribution is 2.54. The average Bonchev–Trinajstić information content (AvgIpc) is 3.28. The molecule has 3 aliphatic heterocycles. The molecule has 3 heterocycles. The van der Waals surface area contributed by atoms with Gasteiger partial charge in [0, 0.05) is 22.6 Å². The average molecular weight is 973 g/mol. The van der Waals surface area contributed by atoms with Crippen LogP contribution in [0.15, 0.2) is 30.3 Å². The lowest BCUT2D eigenvalue weighted by Crippen LogP contribution is -2.62. The summed E-state index contributed by atoms with van der Waals surface area (Å²) >= 11 is 0. The zero-order valence-electron chi connectivity index (χ0n) is 33.9. The molecule has 364 valence electrons. The van der Waals surface area contributed by atoms with Crippen LogP contribution >= 0.6 is 0 Å². The SMILES string of the molecule is O=C(O)CC(C(=O)O[C@H]1[C@@H]2OC(=O)c3cc(O)c(O)c(O)c3-c3c(cc(O)c(O)c3O)C(=O)OC[C@H]1OC(OC(=O)c1cc(O)c(O)c(O)c1)[C@@H]2O)C1c2c(C(=O)O)cc(O)c(O)c2OC(=O)[C@H]1O. The van der Waals surface area contributed by atoms with E-state index in [0.29, 0.717) is 30.3 Å². The van der Waals surface area contributed by atoms with Crippen molar-refractivity contribution < 1.29 is 139 Å². The Morgan fingerprint density at radius 3 is 1.75 bits per heavy atom. The summed E-state index contributed by atoms with van der Waals surface area (Å²) in [5.41, 5.74) is -7.29. The minimum atomic E-state index is -2.69. The Morgan fingerprint density at radius 2 is 1.20 bits per heavy atom. The number of aromatic hydroxyl groups is 11. The van der Waals surface area contributed by atoms with Crippen LogP contribution in [0.1, 0.15) is 59.3 Å². The molecule has 0 aromatic heterocycles. The fraction of sp³-hybridized carbons (Fsp3) is 0.244. The first-order valence-electron chi connectivity index (χ1n) is 19.2. The number of carboxylic acids is 2. The summed E-state index contributed by atoms with van der Waals surface area (Å²) in [7, 11) is 0. The van der Waals surface area contributed by atoms with Crippen LogP contribution < -0.4 is 4.74 Å². The predicted molar refractivity (Wildman–Crippen MR) is 210 cm³/mol. The maximum Gasteiger partial charge on any atom is 0.341 e. The molecule has 28 nitrogen and oxygen atoms in total. The molecule has 0 aliphatic carbocycles. The molecule has 15 N–H and O–H groups in total. The van der Waals surface area contributed by atoms with Crippen molar-refractivity contribution in [2.75, 3.05) is 6.61 Å². The summed E-state index contributed by atoms with van der Waals surface area (Å²) in [4.78, 5) is 93.8. The minimum absolute atomic E-state index is 0.333. The van der Waals surface area contributed by atoms with Crippen LogP contribution in [0.5, 0.6) is 69.0 Å². The number of carbonyl (C=O) groups is 7. The van der Waals surface area contributed by atoms with Crippen LogP contribution in [0.25, 0.3) is 11.1 Å². The third kappa shape index (κ3) is 8.25. The molecule has 3 aliphatic rings. The van der Waals surface area contributed by atoms with E-state index in [-0.39, 0.29) is 0 Å². The summed E-state index contributed by atoms with van der Waals surface area (Å²) in [6.07, 6.45) is -16.8. The summed E-state index contributed by atoms with van der Waals surface area (Å²) < 4.78 is 32.1. The van der Waals surface area contributed by atoms with E-state index in [4.69, 9.17) is 28.4 Å². The molecule has 69 heavy (non-hydrogen) atoms. The zero-order chi connectivity index (χ0) is 50.8. The first kappa shape index (κ1) is 47.8. The molecular weight excluding hydrogens is 940 g/mol. The van der Waals surface area contributed by atoms with Crippen molar-refractivity contribution in [3.05, 3.63) is 58.1 Å². The monoisotopic (exact) mass is 972 g/mol. The number of aliphatic carboxylic acids is 1. The van der Waals surface area contributed by atoms with Crippen molar-refractivity contribution in [2.24, 2.45) is 5.92 Å². The molecular formula is C41H32O28. The number of aromatic carboxylic acids is 1. The van der Waals surface area contributed by atoms with Crippen molar-refractivity contribution >= 4 is 41.8 Å². The molecule has 0 amide bonds. The molecule has 1 fully saturated rings. The number of phenolic OH excluding ortho intramolecular Hbond substituents is 11. The Bertz CT molecular complexity index is 2880. The maximum absolute atomic E-state index is 14.5. The normalized spacial score (nSPS) is 22.3. The predicted octanol–water partition coefficient (Wildman–Crippen LogP) is -0.482. The highest BCUT2D eigenvalue weighted by atomic mass is 16.7. The van der Waals surface area contributed by atoms with E-state index in [1.165, 1.54) is 0 Å². The number of phenols is 11. The van der Waals surface area contributed by atoms with Crippen molar-refractivity contribution in [2.45, 2.75) is 49.1 Å². The van der Waals surface area contributed by atoms with Gasteiger partial charge >= 0.3 is 41.8 Å². The number of cyclic esters (lactones) is 1. The quantitative estimate of drug-likeness (QED) is 0.0459. The maximum atomic E-state index is 14.5. The Balaban J connectivity index is 1.40. The highest BCUT2D eigenvalue weighted by molar-refractivity contribution is 6.08. The first-order valence-corrected chi connectivity index (χ1v) is 19.2. The Hall–Kier alpha value is -9.15. The fourth-order valence-corrected chi connectivity index (χ4v) is 7.75. The van der Waals surface area contributed by atoms with Gasteiger partial charge in [-0.3, -0.25) is 9.59 Å². The van der Waals surface area contributed by atoms with Crippen LogP contribution in [-0.2, 0) is 38.1 Å². The number of benzene rings is 4. The van der Waals surface area contributed by atoms with Crippen LogP contribution in [0.3, 0.4) is 0 Å². The van der Waals surface area contributed by atoms with Gasteiger partial charge in [-0.05, 0) is 30.3 Å². The molecule has 2 bridgehead atoms. The van der Waals surface area contributed by atoms with Gasteiger partial charge in [0.05, 0.1) is 34.6 Å². The highest BCUT2D eigenvalue weighted by Gasteiger charge is 2.55. The fourth-order valence-electron chi connectivity index (χ4n) is 7.75. The summed E-state index contributed by atoms with van der Waals surface area (Å²) in [6, 6.07) is 2.24. The molecule has 0 radical (unpaired) electrons. The second-order valence-electron chi connectivity index (χ2n) is 15.1. The molecule has 4 aromatic carbocycles. The molecule has 28 heteroatoms. The van der Waals surface area contributed by atoms with Crippen molar-refractivity contribution in [1.82, 2.24) is 0 Å². The number of fused-ring (bicyclic) bond motifs is 6. The van der Waals surface area contributed by atoms with E-state index in [1.54, 1.807) is 0 Å². The summed E-state index contributed by atoms with van der Waals surface area (Å²) in [5.74, 6) is -33.0. The Morgan fingerprint density at radius 1 is 0.667 bits per heavy atom. The standard InChI is InChI=1S/C41H32O28/c42-13-1-8(2-14(43)24(13)49)36(59)69-41-31(56)34-32(66-39(62)12(6-19(47)48)22-23-9(35(57)58)3-17(46)27(52)33(23)67-40(63)30(22)55)18(65-41)7-64-37(60)10-4-15(44)25(50)28(53)20(10)21-11(38(61)68-34)5-16(45)26(51)29(21)54/h1-5,12,18,22,30-32,34,41-46,49-56H,6-7H2,(H,47,48)(H,57,58)/t12?,18-,22?,30+,31-,32-,34-,41?/m1/s1.